The Balaban J connectivity index is 0.917. The van der Waals surface area contributed by atoms with E-state index in [1.807, 2.05) is 0 Å². The molecule has 0 heterocycles. The maximum Gasteiger partial charge on any atom is -0.00441 e. The van der Waals surface area contributed by atoms with Gasteiger partial charge >= 0.3 is 0 Å². The van der Waals surface area contributed by atoms with Crippen molar-refractivity contribution in [3.63, 3.8) is 0 Å². The van der Waals surface area contributed by atoms with Gasteiger partial charge in [-0.2, -0.15) is 0 Å². The van der Waals surface area contributed by atoms with Crippen LogP contribution in [0, 0.1) is 69.0 Å². The first-order valence-corrected chi connectivity index (χ1v) is 25.0. The van der Waals surface area contributed by atoms with Crippen molar-refractivity contribution in [2.75, 3.05) is 0 Å². The highest BCUT2D eigenvalue weighted by Gasteiger charge is 2.59. The van der Waals surface area contributed by atoms with Gasteiger partial charge < -0.3 is 0 Å². The van der Waals surface area contributed by atoms with Crippen molar-refractivity contribution in [1.82, 2.24) is 0 Å². The van der Waals surface area contributed by atoms with E-state index < -0.39 is 0 Å². The summed E-state index contributed by atoms with van der Waals surface area (Å²) in [6, 6.07) is 0. The molecule has 302 valence electrons. The molecule has 12 atom stereocenters. The predicted molar refractivity (Wildman–Crippen MR) is 233 cm³/mol. The van der Waals surface area contributed by atoms with Gasteiger partial charge in [0.25, 0.3) is 0 Å². The van der Waals surface area contributed by atoms with Gasteiger partial charge in [-0.05, 0) is 194 Å². The number of unbranched alkanes of at least 4 members (excludes halogenated alkanes) is 10. The van der Waals surface area contributed by atoms with Crippen LogP contribution in [0.5, 0.6) is 0 Å². The van der Waals surface area contributed by atoms with Gasteiger partial charge in [0.1, 0.15) is 0 Å². The molecule has 0 bridgehead atoms. The molecule has 0 aromatic carbocycles. The predicted octanol–water partition coefficient (Wildman–Crippen LogP) is 16.7. The van der Waals surface area contributed by atoms with Crippen molar-refractivity contribution in [3.05, 3.63) is 46.6 Å². The molecule has 0 aromatic rings. The summed E-state index contributed by atoms with van der Waals surface area (Å²) in [6.07, 6.45) is 51.9. The molecule has 8 rings (SSSR count). The van der Waals surface area contributed by atoms with E-state index in [4.69, 9.17) is 0 Å². The number of hydrogen-bond acceptors (Lipinski definition) is 0. The van der Waals surface area contributed by atoms with Crippen LogP contribution >= 0.6 is 0 Å². The van der Waals surface area contributed by atoms with E-state index >= 15 is 0 Å². The van der Waals surface area contributed by atoms with Crippen molar-refractivity contribution in [2.24, 2.45) is 69.0 Å². The van der Waals surface area contributed by atoms with Crippen LogP contribution in [0.2, 0.25) is 0 Å². The number of rotatable bonds is 15. The zero-order valence-electron chi connectivity index (χ0n) is 36.7. The Hall–Kier alpha value is -1.04. The van der Waals surface area contributed by atoms with Crippen LogP contribution < -0.4 is 0 Å². The standard InChI is InChI=1S/C54H86/c1-7-9-11-13-15-17-19-41-23-27-47-45-25-21-43-37-39(29-33-53(43,5)49(45)31-35-51(41,47)3)40-30-34-54(6)44(38-40)22-26-46-48-28-24-42(20-18-16-14-12-10-8-2)52(48,4)36-32-50(46)54/h21-22,37-38,41-42,45-50H,7-20,23-36H2,1-6H3/t41-,42-,45?,46?,47?,48?,49?,50?,51+,52+,53-,54-/m0/s1. The molecule has 4 fully saturated rings. The second-order valence-electron chi connectivity index (χ2n) is 22.5. The minimum Gasteiger partial charge on any atom is -0.0804 e. The maximum absolute atomic E-state index is 2.80. The lowest BCUT2D eigenvalue weighted by molar-refractivity contribution is -0.0380. The molecular weight excluding hydrogens is 649 g/mol. The smallest absolute Gasteiger partial charge is 0.00441 e. The lowest BCUT2D eigenvalue weighted by Gasteiger charge is -2.58. The molecule has 8 aliphatic rings. The van der Waals surface area contributed by atoms with Crippen LogP contribution in [0.15, 0.2) is 46.6 Å². The lowest BCUT2D eigenvalue weighted by Crippen LogP contribution is -2.49. The first kappa shape index (κ1) is 39.8. The topological polar surface area (TPSA) is 0 Å². The van der Waals surface area contributed by atoms with Crippen LogP contribution in [0.4, 0.5) is 0 Å². The van der Waals surface area contributed by atoms with Crippen LogP contribution in [0.25, 0.3) is 0 Å². The summed E-state index contributed by atoms with van der Waals surface area (Å²) in [5.41, 5.74) is 9.04. The fourth-order valence-corrected chi connectivity index (χ4v) is 16.7. The molecule has 0 aromatic heterocycles. The number of hydrogen-bond donors (Lipinski definition) is 0. The minimum atomic E-state index is 0.412. The third-order valence-electron chi connectivity index (χ3n) is 20.2. The Morgan fingerprint density at radius 1 is 0.463 bits per heavy atom. The number of fused-ring (bicyclic) bond motifs is 10. The van der Waals surface area contributed by atoms with Crippen molar-refractivity contribution < 1.29 is 0 Å². The fraction of sp³-hybridized carbons (Fsp3) is 0.852. The van der Waals surface area contributed by atoms with E-state index in [2.05, 4.69) is 65.8 Å². The van der Waals surface area contributed by atoms with E-state index in [0.717, 1.165) is 47.3 Å². The Morgan fingerprint density at radius 3 is 1.30 bits per heavy atom. The summed E-state index contributed by atoms with van der Waals surface area (Å²) in [6.45, 7) is 15.7. The average Bonchev–Trinajstić information content (AvgIpc) is 3.69. The van der Waals surface area contributed by atoms with Gasteiger partial charge in [0.15, 0.2) is 0 Å². The molecule has 4 saturated carbocycles. The van der Waals surface area contributed by atoms with Crippen LogP contribution in [-0.4, -0.2) is 0 Å². The van der Waals surface area contributed by atoms with Crippen molar-refractivity contribution >= 4 is 0 Å². The summed E-state index contributed by atoms with van der Waals surface area (Å²) in [4.78, 5) is 0. The molecular formula is C54H86. The molecule has 8 aliphatic carbocycles. The molecule has 0 radical (unpaired) electrons. The van der Waals surface area contributed by atoms with Crippen molar-refractivity contribution in [2.45, 2.75) is 221 Å². The van der Waals surface area contributed by atoms with Gasteiger partial charge in [-0.15, -0.1) is 0 Å². The third kappa shape index (κ3) is 6.98. The van der Waals surface area contributed by atoms with Gasteiger partial charge in [0.05, 0.1) is 0 Å². The molecule has 0 heteroatoms. The summed E-state index contributed by atoms with van der Waals surface area (Å²) in [5, 5.41) is 0. The molecule has 0 N–H and O–H groups in total. The number of allylic oxidation sites excluding steroid dienone is 8. The quantitative estimate of drug-likeness (QED) is 0.147. The molecule has 6 unspecified atom stereocenters. The van der Waals surface area contributed by atoms with Crippen molar-refractivity contribution in [1.29, 1.82) is 0 Å². The van der Waals surface area contributed by atoms with Crippen LogP contribution in [0.3, 0.4) is 0 Å². The molecule has 0 amide bonds. The Labute approximate surface area is 335 Å². The molecule has 0 nitrogen and oxygen atoms in total. The van der Waals surface area contributed by atoms with Crippen LogP contribution in [-0.2, 0) is 0 Å². The Morgan fingerprint density at radius 2 is 0.870 bits per heavy atom. The highest BCUT2D eigenvalue weighted by molar-refractivity contribution is 5.50. The highest BCUT2D eigenvalue weighted by Crippen LogP contribution is 2.69. The lowest BCUT2D eigenvalue weighted by atomic mass is 9.47. The van der Waals surface area contributed by atoms with E-state index in [0.29, 0.717) is 21.7 Å². The fourth-order valence-electron chi connectivity index (χ4n) is 16.7. The first-order chi connectivity index (χ1) is 26.2. The van der Waals surface area contributed by atoms with Gasteiger partial charge in [-0.3, -0.25) is 0 Å². The van der Waals surface area contributed by atoms with E-state index in [1.165, 1.54) is 180 Å². The largest absolute Gasteiger partial charge is 0.0804 e. The summed E-state index contributed by atoms with van der Waals surface area (Å²) >= 11 is 0. The molecule has 54 heavy (non-hydrogen) atoms. The Kier molecular flexibility index (Phi) is 12.0. The molecule has 0 saturated heterocycles. The molecule has 0 spiro atoms. The van der Waals surface area contributed by atoms with Gasteiger partial charge in [-0.25, -0.2) is 0 Å². The van der Waals surface area contributed by atoms with Gasteiger partial charge in [0.2, 0.25) is 0 Å². The Bertz CT molecular complexity index is 1330. The zero-order valence-corrected chi connectivity index (χ0v) is 36.7. The third-order valence-corrected chi connectivity index (χ3v) is 20.2. The first-order valence-electron chi connectivity index (χ1n) is 25.0. The van der Waals surface area contributed by atoms with Crippen molar-refractivity contribution in [3.8, 4) is 0 Å². The monoisotopic (exact) mass is 735 g/mol. The van der Waals surface area contributed by atoms with Gasteiger partial charge in [-0.1, -0.05) is 143 Å². The zero-order chi connectivity index (χ0) is 37.6. The summed E-state index contributed by atoms with van der Waals surface area (Å²) in [5.74, 6) is 7.69. The van der Waals surface area contributed by atoms with E-state index in [-0.39, 0.29) is 0 Å². The minimum absolute atomic E-state index is 0.412. The van der Waals surface area contributed by atoms with E-state index in [1.54, 1.807) is 22.3 Å². The molecule has 0 aliphatic heterocycles. The SMILES string of the molecule is CCCCCCCC[C@H]1CCC2C3CC=C4C=C(C5=CC6=CCC7C(CC[C@@]8(C)C7CC[C@@H]8CCCCCCCC)[C@@]6(C)CC5)CC[C@]4(C)C3CC[C@@]21C. The summed E-state index contributed by atoms with van der Waals surface area (Å²) in [7, 11) is 0. The van der Waals surface area contributed by atoms with Gasteiger partial charge in [0, 0.05) is 0 Å². The second-order valence-corrected chi connectivity index (χ2v) is 22.5. The second kappa shape index (κ2) is 16.3. The highest BCUT2D eigenvalue weighted by atomic mass is 14.6. The van der Waals surface area contributed by atoms with E-state index in [9.17, 15) is 0 Å². The normalized spacial score (nSPS) is 43.7. The average molecular weight is 735 g/mol. The summed E-state index contributed by atoms with van der Waals surface area (Å²) < 4.78 is 0. The van der Waals surface area contributed by atoms with Crippen LogP contribution in [0.1, 0.15) is 221 Å². The maximum atomic E-state index is 2.80.